The first-order chi connectivity index (χ1) is 13.7. The van der Waals surface area contributed by atoms with E-state index in [0.717, 1.165) is 38.0 Å². The Morgan fingerprint density at radius 3 is 2.29 bits per heavy atom. The molecule has 0 saturated carbocycles. The van der Waals surface area contributed by atoms with Crippen molar-refractivity contribution < 1.29 is 4.79 Å². The number of nitrogens with one attached hydrogen (secondary N) is 1. The van der Waals surface area contributed by atoms with Crippen LogP contribution in [0.25, 0.3) is 0 Å². The van der Waals surface area contributed by atoms with Crippen molar-refractivity contribution in [2.24, 2.45) is 7.05 Å². The summed E-state index contributed by atoms with van der Waals surface area (Å²) in [7, 11) is 1.89. The van der Waals surface area contributed by atoms with Crippen molar-refractivity contribution in [1.82, 2.24) is 14.5 Å². The number of aryl methyl sites for hydroxylation is 1. The highest BCUT2D eigenvalue weighted by atomic mass is 16.2. The molecule has 1 aliphatic heterocycles. The number of nitrogens with zero attached hydrogens (tertiary/aromatic N) is 3. The SMILES string of the molecule is Cn1ccnc1NC(=O)C1(c2ccccc2)CCN(Cc2ccccc2)CC1. The molecule has 144 valence electrons. The van der Waals surface area contributed by atoms with E-state index >= 15 is 0 Å². The third kappa shape index (κ3) is 3.71. The predicted octanol–water partition coefficient (Wildman–Crippen LogP) is 3.59. The normalized spacial score (nSPS) is 16.6. The standard InChI is InChI=1S/C23H26N4O/c1-26-17-14-24-22(26)25-21(28)23(20-10-6-3-7-11-20)12-15-27(16-13-23)18-19-8-4-2-5-9-19/h2-11,14,17H,12-13,15-16,18H2,1H3,(H,24,25,28). The first-order valence-corrected chi connectivity index (χ1v) is 9.78. The number of anilines is 1. The number of hydrogen-bond acceptors (Lipinski definition) is 3. The number of carbonyl (C=O) groups is 1. The second kappa shape index (κ2) is 7.98. The quantitative estimate of drug-likeness (QED) is 0.742. The van der Waals surface area contributed by atoms with Crippen LogP contribution in [0.1, 0.15) is 24.0 Å². The third-order valence-electron chi connectivity index (χ3n) is 5.77. The van der Waals surface area contributed by atoms with Gasteiger partial charge in [0.1, 0.15) is 0 Å². The van der Waals surface area contributed by atoms with Gasteiger partial charge in [0.25, 0.3) is 0 Å². The molecule has 0 atom stereocenters. The lowest BCUT2D eigenvalue weighted by molar-refractivity contribution is -0.123. The van der Waals surface area contributed by atoms with E-state index in [1.54, 1.807) is 6.20 Å². The molecule has 2 aromatic carbocycles. The first-order valence-electron chi connectivity index (χ1n) is 9.78. The number of benzene rings is 2. The Bertz CT molecular complexity index is 912. The largest absolute Gasteiger partial charge is 0.320 e. The molecule has 1 aromatic heterocycles. The lowest BCUT2D eigenvalue weighted by Gasteiger charge is -2.41. The molecule has 0 radical (unpaired) electrons. The molecular weight excluding hydrogens is 348 g/mol. The van der Waals surface area contributed by atoms with Crippen LogP contribution in [0.5, 0.6) is 0 Å². The van der Waals surface area contributed by atoms with E-state index in [1.807, 2.05) is 42.1 Å². The Morgan fingerprint density at radius 2 is 1.68 bits per heavy atom. The van der Waals surface area contributed by atoms with Crippen molar-refractivity contribution in [3.8, 4) is 0 Å². The van der Waals surface area contributed by atoms with Crippen LogP contribution in [-0.4, -0.2) is 33.4 Å². The summed E-state index contributed by atoms with van der Waals surface area (Å²) in [6, 6.07) is 20.7. The van der Waals surface area contributed by atoms with Gasteiger partial charge in [0.15, 0.2) is 0 Å². The van der Waals surface area contributed by atoms with Crippen LogP contribution in [0.4, 0.5) is 5.95 Å². The first kappa shape index (κ1) is 18.4. The maximum absolute atomic E-state index is 13.4. The van der Waals surface area contributed by atoms with Crippen molar-refractivity contribution >= 4 is 11.9 Å². The highest BCUT2D eigenvalue weighted by molar-refractivity contribution is 5.98. The van der Waals surface area contributed by atoms with Crippen LogP contribution >= 0.6 is 0 Å². The fourth-order valence-electron chi connectivity index (χ4n) is 4.05. The fourth-order valence-corrected chi connectivity index (χ4v) is 4.05. The average Bonchev–Trinajstić information content (AvgIpc) is 3.14. The molecule has 5 nitrogen and oxygen atoms in total. The molecule has 0 spiro atoms. The molecular formula is C23H26N4O. The Kier molecular flexibility index (Phi) is 5.26. The number of imidazole rings is 1. The van der Waals surface area contributed by atoms with E-state index in [-0.39, 0.29) is 5.91 Å². The zero-order chi connectivity index (χ0) is 19.4. The zero-order valence-corrected chi connectivity index (χ0v) is 16.2. The van der Waals surface area contributed by atoms with E-state index in [1.165, 1.54) is 5.56 Å². The van der Waals surface area contributed by atoms with Crippen LogP contribution in [0.3, 0.4) is 0 Å². The van der Waals surface area contributed by atoms with Gasteiger partial charge in [0.2, 0.25) is 11.9 Å². The zero-order valence-electron chi connectivity index (χ0n) is 16.2. The molecule has 1 saturated heterocycles. The minimum absolute atomic E-state index is 0.0346. The molecule has 1 N–H and O–H groups in total. The summed E-state index contributed by atoms with van der Waals surface area (Å²) in [5, 5.41) is 3.06. The summed E-state index contributed by atoms with van der Waals surface area (Å²) in [4.78, 5) is 20.1. The Labute approximate surface area is 166 Å². The van der Waals surface area contributed by atoms with Crippen molar-refractivity contribution in [1.29, 1.82) is 0 Å². The second-order valence-electron chi connectivity index (χ2n) is 7.53. The molecule has 3 aromatic rings. The van der Waals surface area contributed by atoms with Crippen molar-refractivity contribution in [2.45, 2.75) is 24.8 Å². The molecule has 5 heteroatoms. The van der Waals surface area contributed by atoms with E-state index in [4.69, 9.17) is 0 Å². The number of piperidine rings is 1. The van der Waals surface area contributed by atoms with Gasteiger partial charge in [0, 0.05) is 26.0 Å². The maximum atomic E-state index is 13.4. The Morgan fingerprint density at radius 1 is 1.04 bits per heavy atom. The van der Waals surface area contributed by atoms with Crippen LogP contribution in [0.15, 0.2) is 73.1 Å². The van der Waals surface area contributed by atoms with Gasteiger partial charge in [-0.25, -0.2) is 4.98 Å². The Balaban J connectivity index is 1.54. The average molecular weight is 374 g/mol. The number of likely N-dealkylation sites (tertiary alicyclic amines) is 1. The highest BCUT2D eigenvalue weighted by Gasteiger charge is 2.43. The molecule has 1 fully saturated rings. The molecule has 1 aliphatic rings. The summed E-state index contributed by atoms with van der Waals surface area (Å²) < 4.78 is 1.83. The monoisotopic (exact) mass is 374 g/mol. The van der Waals surface area contributed by atoms with Gasteiger partial charge < -0.3 is 4.57 Å². The summed E-state index contributed by atoms with van der Waals surface area (Å²) in [6.07, 6.45) is 5.13. The van der Waals surface area contributed by atoms with Crippen LogP contribution in [0, 0.1) is 0 Å². The second-order valence-corrected chi connectivity index (χ2v) is 7.53. The molecule has 0 unspecified atom stereocenters. The number of amides is 1. The molecule has 4 rings (SSSR count). The lowest BCUT2D eigenvalue weighted by Crippen LogP contribution is -2.49. The van der Waals surface area contributed by atoms with Gasteiger partial charge in [-0.3, -0.25) is 15.0 Å². The topological polar surface area (TPSA) is 50.2 Å². The minimum Gasteiger partial charge on any atom is -0.320 e. The summed E-state index contributed by atoms with van der Waals surface area (Å²) >= 11 is 0. The van der Waals surface area contributed by atoms with Gasteiger partial charge in [-0.2, -0.15) is 0 Å². The van der Waals surface area contributed by atoms with Crippen LogP contribution in [-0.2, 0) is 23.8 Å². The number of rotatable bonds is 5. The maximum Gasteiger partial charge on any atom is 0.237 e. The fraction of sp³-hybridized carbons (Fsp3) is 0.304. The predicted molar refractivity (Wildman–Crippen MR) is 111 cm³/mol. The number of hydrogen-bond donors (Lipinski definition) is 1. The summed E-state index contributed by atoms with van der Waals surface area (Å²) in [6.45, 7) is 2.70. The smallest absolute Gasteiger partial charge is 0.237 e. The lowest BCUT2D eigenvalue weighted by atomic mass is 9.72. The van der Waals surface area contributed by atoms with E-state index < -0.39 is 5.41 Å². The van der Waals surface area contributed by atoms with Crippen molar-refractivity contribution in [2.75, 3.05) is 18.4 Å². The van der Waals surface area contributed by atoms with Crippen LogP contribution in [0.2, 0.25) is 0 Å². The minimum atomic E-state index is -0.527. The highest BCUT2D eigenvalue weighted by Crippen LogP contribution is 2.37. The third-order valence-corrected chi connectivity index (χ3v) is 5.77. The number of aromatic nitrogens is 2. The van der Waals surface area contributed by atoms with E-state index in [2.05, 4.69) is 51.6 Å². The van der Waals surface area contributed by atoms with Gasteiger partial charge in [-0.1, -0.05) is 60.7 Å². The Hall–Kier alpha value is -2.92. The van der Waals surface area contributed by atoms with Crippen LogP contribution < -0.4 is 5.32 Å². The molecule has 1 amide bonds. The molecule has 28 heavy (non-hydrogen) atoms. The van der Waals surface area contributed by atoms with Gasteiger partial charge in [0.05, 0.1) is 5.41 Å². The molecule has 0 aliphatic carbocycles. The van der Waals surface area contributed by atoms with E-state index in [9.17, 15) is 4.79 Å². The summed E-state index contributed by atoms with van der Waals surface area (Å²) in [5.74, 6) is 0.624. The van der Waals surface area contributed by atoms with Crippen molar-refractivity contribution in [3.05, 3.63) is 84.2 Å². The van der Waals surface area contributed by atoms with Crippen molar-refractivity contribution in [3.63, 3.8) is 0 Å². The van der Waals surface area contributed by atoms with Gasteiger partial charge in [-0.15, -0.1) is 0 Å². The van der Waals surface area contributed by atoms with Gasteiger partial charge >= 0.3 is 0 Å². The van der Waals surface area contributed by atoms with Gasteiger partial charge in [-0.05, 0) is 37.1 Å². The summed E-state index contributed by atoms with van der Waals surface area (Å²) in [5.41, 5.74) is 1.87. The molecule has 0 bridgehead atoms. The number of carbonyl (C=O) groups excluding carboxylic acids is 1. The molecule has 2 heterocycles. The van der Waals surface area contributed by atoms with E-state index in [0.29, 0.717) is 5.95 Å².